The average molecular weight is 278 g/mol. The smallest absolute Gasteiger partial charge is 0.121 e. The Balaban J connectivity index is 2.22. The van der Waals surface area contributed by atoms with E-state index in [0.29, 0.717) is 18.0 Å². The van der Waals surface area contributed by atoms with Gasteiger partial charge in [0.1, 0.15) is 11.5 Å². The molecular weight excluding hydrogens is 248 g/mol. The molecule has 3 unspecified atom stereocenters. The Kier molecular flexibility index (Phi) is 4.60. The number of furan rings is 1. The third-order valence-electron chi connectivity index (χ3n) is 4.92. The van der Waals surface area contributed by atoms with Gasteiger partial charge in [-0.1, -0.05) is 20.8 Å². The second kappa shape index (κ2) is 5.90. The van der Waals surface area contributed by atoms with Crippen LogP contribution in [0.2, 0.25) is 0 Å². The molecule has 3 nitrogen and oxygen atoms in total. The van der Waals surface area contributed by atoms with Gasteiger partial charge >= 0.3 is 0 Å². The SMILES string of the molecule is CCC1(C)CN(C(C)c2ccc(C)o2)C(C(C)C)CN1. The maximum Gasteiger partial charge on any atom is 0.121 e. The molecule has 0 saturated carbocycles. The van der Waals surface area contributed by atoms with Crippen molar-refractivity contribution in [2.24, 2.45) is 5.92 Å². The fourth-order valence-corrected chi connectivity index (χ4v) is 3.17. The second-order valence-corrected chi connectivity index (χ2v) is 6.90. The molecule has 0 amide bonds. The van der Waals surface area contributed by atoms with Crippen LogP contribution in [0.5, 0.6) is 0 Å². The zero-order valence-electron chi connectivity index (χ0n) is 13.9. The molecule has 0 aromatic carbocycles. The summed E-state index contributed by atoms with van der Waals surface area (Å²) in [7, 11) is 0. The van der Waals surface area contributed by atoms with Crippen LogP contribution in [0, 0.1) is 12.8 Å². The summed E-state index contributed by atoms with van der Waals surface area (Å²) < 4.78 is 5.87. The highest BCUT2D eigenvalue weighted by Crippen LogP contribution is 2.31. The quantitative estimate of drug-likeness (QED) is 0.909. The molecule has 0 bridgehead atoms. The van der Waals surface area contributed by atoms with Crippen molar-refractivity contribution in [2.75, 3.05) is 13.1 Å². The van der Waals surface area contributed by atoms with Crippen LogP contribution in [-0.2, 0) is 0 Å². The molecule has 3 heteroatoms. The second-order valence-electron chi connectivity index (χ2n) is 6.90. The minimum absolute atomic E-state index is 0.210. The Bertz CT molecular complexity index is 440. The van der Waals surface area contributed by atoms with Crippen molar-refractivity contribution in [3.63, 3.8) is 0 Å². The molecule has 1 fully saturated rings. The lowest BCUT2D eigenvalue weighted by Gasteiger charge is -2.49. The Morgan fingerprint density at radius 3 is 2.60 bits per heavy atom. The molecule has 2 rings (SSSR count). The normalized spacial score (nSPS) is 29.9. The van der Waals surface area contributed by atoms with Gasteiger partial charge in [0.05, 0.1) is 6.04 Å². The largest absolute Gasteiger partial charge is 0.465 e. The molecule has 2 heterocycles. The molecule has 0 spiro atoms. The van der Waals surface area contributed by atoms with E-state index >= 15 is 0 Å². The number of nitrogens with one attached hydrogen (secondary N) is 1. The Hall–Kier alpha value is -0.800. The van der Waals surface area contributed by atoms with E-state index in [-0.39, 0.29) is 5.54 Å². The molecule has 1 N–H and O–H groups in total. The summed E-state index contributed by atoms with van der Waals surface area (Å²) in [5.41, 5.74) is 0.210. The van der Waals surface area contributed by atoms with Crippen molar-refractivity contribution < 1.29 is 4.42 Å². The Morgan fingerprint density at radius 2 is 2.10 bits per heavy atom. The van der Waals surface area contributed by atoms with Crippen LogP contribution in [0.25, 0.3) is 0 Å². The molecule has 0 aliphatic carbocycles. The summed E-state index contributed by atoms with van der Waals surface area (Å²) in [4.78, 5) is 2.63. The van der Waals surface area contributed by atoms with E-state index in [1.54, 1.807) is 0 Å². The summed E-state index contributed by atoms with van der Waals surface area (Å²) in [6.45, 7) is 15.7. The van der Waals surface area contributed by atoms with Gasteiger partial charge in [-0.2, -0.15) is 0 Å². The van der Waals surface area contributed by atoms with E-state index < -0.39 is 0 Å². The molecule has 1 aliphatic heterocycles. The Morgan fingerprint density at radius 1 is 1.40 bits per heavy atom. The van der Waals surface area contributed by atoms with Crippen molar-refractivity contribution >= 4 is 0 Å². The van der Waals surface area contributed by atoms with Gasteiger partial charge < -0.3 is 9.73 Å². The summed E-state index contributed by atoms with van der Waals surface area (Å²) in [6, 6.07) is 5.10. The van der Waals surface area contributed by atoms with E-state index in [1.807, 2.05) is 6.92 Å². The first kappa shape index (κ1) is 15.6. The number of hydrogen-bond donors (Lipinski definition) is 1. The first-order valence-corrected chi connectivity index (χ1v) is 7.93. The van der Waals surface area contributed by atoms with Crippen LogP contribution in [0.3, 0.4) is 0 Å². The fourth-order valence-electron chi connectivity index (χ4n) is 3.17. The van der Waals surface area contributed by atoms with Crippen LogP contribution in [0.15, 0.2) is 16.5 Å². The number of aryl methyl sites for hydroxylation is 1. The molecule has 1 aromatic heterocycles. The average Bonchev–Trinajstić information content (AvgIpc) is 2.84. The van der Waals surface area contributed by atoms with Crippen molar-refractivity contribution in [1.82, 2.24) is 10.2 Å². The fraction of sp³-hybridized carbons (Fsp3) is 0.765. The van der Waals surface area contributed by atoms with Gasteiger partial charge in [0.25, 0.3) is 0 Å². The lowest BCUT2D eigenvalue weighted by atomic mass is 9.88. The third kappa shape index (κ3) is 3.09. The molecule has 3 atom stereocenters. The highest BCUT2D eigenvalue weighted by atomic mass is 16.3. The van der Waals surface area contributed by atoms with Gasteiger partial charge in [0.2, 0.25) is 0 Å². The summed E-state index contributed by atoms with van der Waals surface area (Å²) in [6.07, 6.45) is 1.15. The Labute approximate surface area is 123 Å². The van der Waals surface area contributed by atoms with Crippen molar-refractivity contribution in [3.8, 4) is 0 Å². The van der Waals surface area contributed by atoms with Crippen LogP contribution < -0.4 is 5.32 Å². The van der Waals surface area contributed by atoms with E-state index in [1.165, 1.54) is 0 Å². The molecule has 1 aliphatic rings. The first-order chi connectivity index (χ1) is 9.36. The van der Waals surface area contributed by atoms with Gasteiger partial charge in [0.15, 0.2) is 0 Å². The highest BCUT2D eigenvalue weighted by Gasteiger charge is 2.38. The van der Waals surface area contributed by atoms with E-state index in [2.05, 4.69) is 57.0 Å². The minimum Gasteiger partial charge on any atom is -0.465 e. The van der Waals surface area contributed by atoms with Gasteiger partial charge in [0, 0.05) is 24.7 Å². The first-order valence-electron chi connectivity index (χ1n) is 7.93. The standard InChI is InChI=1S/C17H30N2O/c1-7-17(6)11-19(15(10-18-17)12(2)3)14(5)16-9-8-13(4)20-16/h8-9,12,14-15,18H,7,10-11H2,1-6H3. The summed E-state index contributed by atoms with van der Waals surface area (Å²) >= 11 is 0. The van der Waals surface area contributed by atoms with Crippen LogP contribution in [0.1, 0.15) is 58.6 Å². The van der Waals surface area contributed by atoms with Crippen LogP contribution >= 0.6 is 0 Å². The van der Waals surface area contributed by atoms with Crippen LogP contribution in [-0.4, -0.2) is 29.6 Å². The maximum atomic E-state index is 5.87. The number of nitrogens with zero attached hydrogens (tertiary/aromatic N) is 1. The van der Waals surface area contributed by atoms with Crippen molar-refractivity contribution in [3.05, 3.63) is 23.7 Å². The molecule has 20 heavy (non-hydrogen) atoms. The topological polar surface area (TPSA) is 28.4 Å². The number of rotatable bonds is 4. The molecule has 0 radical (unpaired) electrons. The van der Waals surface area contributed by atoms with Crippen molar-refractivity contribution in [2.45, 2.75) is 65.6 Å². The molecule has 114 valence electrons. The number of piperazine rings is 1. The van der Waals surface area contributed by atoms with Gasteiger partial charge in [-0.15, -0.1) is 0 Å². The van der Waals surface area contributed by atoms with E-state index in [9.17, 15) is 0 Å². The maximum absolute atomic E-state index is 5.87. The lowest BCUT2D eigenvalue weighted by Crippen LogP contribution is -2.64. The predicted molar refractivity (Wildman–Crippen MR) is 83.9 cm³/mol. The number of hydrogen-bond acceptors (Lipinski definition) is 3. The van der Waals surface area contributed by atoms with Gasteiger partial charge in [-0.05, 0) is 45.2 Å². The highest BCUT2D eigenvalue weighted by molar-refractivity contribution is 5.11. The minimum atomic E-state index is 0.210. The lowest BCUT2D eigenvalue weighted by molar-refractivity contribution is 0.0226. The third-order valence-corrected chi connectivity index (χ3v) is 4.92. The van der Waals surface area contributed by atoms with E-state index in [0.717, 1.165) is 31.0 Å². The van der Waals surface area contributed by atoms with Crippen LogP contribution in [0.4, 0.5) is 0 Å². The zero-order chi connectivity index (χ0) is 14.9. The molecular formula is C17H30N2O. The summed E-state index contributed by atoms with van der Waals surface area (Å²) in [5, 5.41) is 3.75. The van der Waals surface area contributed by atoms with E-state index in [4.69, 9.17) is 4.42 Å². The summed E-state index contributed by atoms with van der Waals surface area (Å²) in [5.74, 6) is 2.73. The molecule has 1 saturated heterocycles. The molecule has 1 aromatic rings. The zero-order valence-corrected chi connectivity index (χ0v) is 13.9. The van der Waals surface area contributed by atoms with Gasteiger partial charge in [-0.3, -0.25) is 4.90 Å². The predicted octanol–water partition coefficient (Wildman–Crippen LogP) is 3.75. The van der Waals surface area contributed by atoms with Crippen molar-refractivity contribution in [1.29, 1.82) is 0 Å². The monoisotopic (exact) mass is 278 g/mol. The van der Waals surface area contributed by atoms with Gasteiger partial charge in [-0.25, -0.2) is 0 Å².